The summed E-state index contributed by atoms with van der Waals surface area (Å²) in [6, 6.07) is 8.12. The Morgan fingerprint density at radius 2 is 1.95 bits per heavy atom. The van der Waals surface area contributed by atoms with Crippen molar-refractivity contribution < 1.29 is 14.6 Å². The van der Waals surface area contributed by atoms with Gasteiger partial charge in [-0.1, -0.05) is 11.6 Å². The van der Waals surface area contributed by atoms with Crippen molar-refractivity contribution in [1.29, 1.82) is 0 Å². The second kappa shape index (κ2) is 5.21. The number of hydrogen-bond donors (Lipinski definition) is 1. The smallest absolute Gasteiger partial charge is 0.335 e. The van der Waals surface area contributed by atoms with Gasteiger partial charge in [-0.05, 0) is 25.1 Å². The third kappa shape index (κ3) is 2.42. The van der Waals surface area contributed by atoms with Crippen LogP contribution in [0.25, 0.3) is 11.3 Å². The van der Waals surface area contributed by atoms with Crippen molar-refractivity contribution in [2.24, 2.45) is 7.05 Å². The van der Waals surface area contributed by atoms with Crippen LogP contribution in [0.3, 0.4) is 0 Å². The van der Waals surface area contributed by atoms with E-state index in [0.717, 1.165) is 11.6 Å². The number of aromatic nitrogens is 1. The zero-order valence-corrected chi connectivity index (χ0v) is 11.5. The van der Waals surface area contributed by atoms with Crippen LogP contribution in [0.2, 0.25) is 0 Å². The lowest BCUT2D eigenvalue weighted by Gasteiger charge is -2.13. The Bertz CT molecular complexity index is 731. The first kappa shape index (κ1) is 13.9. The molecule has 5 heteroatoms. The molecule has 0 saturated heterocycles. The van der Waals surface area contributed by atoms with E-state index in [9.17, 15) is 9.59 Å². The fourth-order valence-electron chi connectivity index (χ4n) is 2.04. The van der Waals surface area contributed by atoms with Gasteiger partial charge in [0.2, 0.25) is 0 Å². The van der Waals surface area contributed by atoms with Gasteiger partial charge in [-0.2, -0.15) is 0 Å². The molecule has 0 aliphatic carbocycles. The maximum atomic E-state index is 11.9. The van der Waals surface area contributed by atoms with Gasteiger partial charge in [-0.25, -0.2) is 4.79 Å². The summed E-state index contributed by atoms with van der Waals surface area (Å²) in [4.78, 5) is 23.0. The highest BCUT2D eigenvalue weighted by Gasteiger charge is 2.14. The molecular formula is C15H15NO4. The first-order chi connectivity index (χ1) is 9.43. The van der Waals surface area contributed by atoms with Crippen LogP contribution in [-0.2, 0) is 7.05 Å². The van der Waals surface area contributed by atoms with Crippen LogP contribution in [0.15, 0.2) is 35.1 Å². The first-order valence-corrected chi connectivity index (χ1v) is 6.03. The molecule has 0 aliphatic heterocycles. The van der Waals surface area contributed by atoms with E-state index in [1.54, 1.807) is 13.1 Å². The number of ether oxygens (including phenoxy) is 1. The van der Waals surface area contributed by atoms with Crippen LogP contribution in [0.5, 0.6) is 5.75 Å². The molecule has 20 heavy (non-hydrogen) atoms. The molecular weight excluding hydrogens is 258 g/mol. The lowest BCUT2D eigenvalue weighted by Crippen LogP contribution is -2.20. The standard InChI is InChI=1S/C15H15NO4/c1-9-4-5-13(20-3)11(6-9)12-7-10(15(18)19)8-14(17)16(12)2/h4-8H,1-3H3,(H,18,19). The minimum absolute atomic E-state index is 0.0355. The number of aromatic carboxylic acids is 1. The van der Waals surface area contributed by atoms with Gasteiger partial charge in [0.1, 0.15) is 5.75 Å². The Morgan fingerprint density at radius 3 is 2.55 bits per heavy atom. The van der Waals surface area contributed by atoms with Crippen molar-refractivity contribution in [1.82, 2.24) is 4.57 Å². The second-order valence-electron chi connectivity index (χ2n) is 4.54. The summed E-state index contributed by atoms with van der Waals surface area (Å²) in [5, 5.41) is 9.07. The number of rotatable bonds is 3. The van der Waals surface area contributed by atoms with E-state index in [1.165, 1.54) is 17.7 Å². The molecule has 0 spiro atoms. The molecule has 1 aromatic carbocycles. The molecule has 5 nitrogen and oxygen atoms in total. The minimum Gasteiger partial charge on any atom is -0.496 e. The number of benzene rings is 1. The summed E-state index contributed by atoms with van der Waals surface area (Å²) in [7, 11) is 3.14. The molecule has 2 aromatic rings. The van der Waals surface area contributed by atoms with E-state index in [0.29, 0.717) is 17.0 Å². The molecule has 0 amide bonds. The number of carbonyl (C=O) groups is 1. The monoisotopic (exact) mass is 273 g/mol. The van der Waals surface area contributed by atoms with Crippen LogP contribution >= 0.6 is 0 Å². The molecule has 0 unspecified atom stereocenters. The van der Waals surface area contributed by atoms with Gasteiger partial charge in [-0.15, -0.1) is 0 Å². The number of carboxylic acids is 1. The molecule has 0 aliphatic rings. The maximum Gasteiger partial charge on any atom is 0.335 e. The zero-order valence-electron chi connectivity index (χ0n) is 11.5. The Labute approximate surface area is 116 Å². The Hall–Kier alpha value is -2.56. The van der Waals surface area contributed by atoms with Gasteiger partial charge < -0.3 is 14.4 Å². The Balaban J connectivity index is 2.78. The van der Waals surface area contributed by atoms with Gasteiger partial charge in [0.05, 0.1) is 18.4 Å². The van der Waals surface area contributed by atoms with E-state index < -0.39 is 5.97 Å². The van der Waals surface area contributed by atoms with Crippen LogP contribution in [0.4, 0.5) is 0 Å². The first-order valence-electron chi connectivity index (χ1n) is 6.03. The molecule has 1 heterocycles. The van der Waals surface area contributed by atoms with Gasteiger partial charge >= 0.3 is 5.97 Å². The number of carboxylic acid groups (broad SMARTS) is 1. The topological polar surface area (TPSA) is 68.5 Å². The predicted molar refractivity (Wildman–Crippen MR) is 75.4 cm³/mol. The molecule has 1 aromatic heterocycles. The molecule has 0 atom stereocenters. The Kier molecular flexibility index (Phi) is 3.61. The second-order valence-corrected chi connectivity index (χ2v) is 4.54. The largest absolute Gasteiger partial charge is 0.496 e. The number of hydrogen-bond acceptors (Lipinski definition) is 3. The number of aryl methyl sites for hydroxylation is 1. The van der Waals surface area contributed by atoms with Crippen molar-refractivity contribution in [3.05, 3.63) is 51.8 Å². The SMILES string of the molecule is COc1ccc(C)cc1-c1cc(C(=O)O)cc(=O)n1C. The average molecular weight is 273 g/mol. The van der Waals surface area contributed by atoms with Crippen molar-refractivity contribution in [3.63, 3.8) is 0 Å². The molecule has 0 radical (unpaired) electrons. The number of nitrogens with zero attached hydrogens (tertiary/aromatic N) is 1. The van der Waals surface area contributed by atoms with Crippen LogP contribution in [0.1, 0.15) is 15.9 Å². The minimum atomic E-state index is -1.13. The third-order valence-corrected chi connectivity index (χ3v) is 3.14. The normalized spacial score (nSPS) is 10.3. The Morgan fingerprint density at radius 1 is 1.25 bits per heavy atom. The summed E-state index contributed by atoms with van der Waals surface area (Å²) < 4.78 is 6.69. The molecule has 1 N–H and O–H groups in total. The summed E-state index contributed by atoms with van der Waals surface area (Å²) >= 11 is 0. The van der Waals surface area contributed by atoms with Crippen molar-refractivity contribution in [2.75, 3.05) is 7.11 Å². The van der Waals surface area contributed by atoms with Crippen molar-refractivity contribution >= 4 is 5.97 Å². The van der Waals surface area contributed by atoms with Crippen molar-refractivity contribution in [2.45, 2.75) is 6.92 Å². The maximum absolute atomic E-state index is 11.9. The van der Waals surface area contributed by atoms with E-state index in [-0.39, 0.29) is 11.1 Å². The zero-order chi connectivity index (χ0) is 14.9. The quantitative estimate of drug-likeness (QED) is 0.929. The highest BCUT2D eigenvalue weighted by molar-refractivity contribution is 5.89. The van der Waals surface area contributed by atoms with E-state index in [4.69, 9.17) is 9.84 Å². The van der Waals surface area contributed by atoms with Gasteiger partial charge in [0.15, 0.2) is 0 Å². The molecule has 0 fully saturated rings. The molecule has 0 bridgehead atoms. The number of methoxy groups -OCH3 is 1. The fourth-order valence-corrected chi connectivity index (χ4v) is 2.04. The van der Waals surface area contributed by atoms with Gasteiger partial charge in [0, 0.05) is 18.7 Å². The molecule has 0 saturated carbocycles. The number of pyridine rings is 1. The summed E-state index contributed by atoms with van der Waals surface area (Å²) in [6.07, 6.45) is 0. The average Bonchev–Trinajstić information content (AvgIpc) is 2.41. The highest BCUT2D eigenvalue weighted by atomic mass is 16.5. The van der Waals surface area contributed by atoms with E-state index in [1.807, 2.05) is 19.1 Å². The summed E-state index contributed by atoms with van der Waals surface area (Å²) in [6.45, 7) is 1.92. The highest BCUT2D eigenvalue weighted by Crippen LogP contribution is 2.30. The van der Waals surface area contributed by atoms with Crippen molar-refractivity contribution in [3.8, 4) is 17.0 Å². The van der Waals surface area contributed by atoms with E-state index >= 15 is 0 Å². The van der Waals surface area contributed by atoms with E-state index in [2.05, 4.69) is 0 Å². The fraction of sp³-hybridized carbons (Fsp3) is 0.200. The molecule has 2 rings (SSSR count). The third-order valence-electron chi connectivity index (χ3n) is 3.14. The van der Waals surface area contributed by atoms with Crippen LogP contribution in [0, 0.1) is 6.92 Å². The summed E-state index contributed by atoms with van der Waals surface area (Å²) in [5.74, 6) is -0.538. The van der Waals surface area contributed by atoms with Crippen LogP contribution in [-0.4, -0.2) is 22.8 Å². The van der Waals surface area contributed by atoms with Gasteiger partial charge in [-0.3, -0.25) is 4.79 Å². The van der Waals surface area contributed by atoms with Gasteiger partial charge in [0.25, 0.3) is 5.56 Å². The van der Waals surface area contributed by atoms with Crippen LogP contribution < -0.4 is 10.3 Å². The lowest BCUT2D eigenvalue weighted by atomic mass is 10.0. The lowest BCUT2D eigenvalue weighted by molar-refractivity contribution is 0.0696. The predicted octanol–water partition coefficient (Wildman–Crippen LogP) is 2.07. The molecule has 104 valence electrons. The summed E-state index contributed by atoms with van der Waals surface area (Å²) in [5.41, 5.74) is 1.79.